The fraction of sp³-hybridized carbons (Fsp3) is 0.350. The van der Waals surface area contributed by atoms with Gasteiger partial charge in [0.05, 0.1) is 0 Å². The van der Waals surface area contributed by atoms with Crippen molar-refractivity contribution < 1.29 is 4.79 Å². The van der Waals surface area contributed by atoms with Crippen LogP contribution >= 0.6 is 23.2 Å². The first-order chi connectivity index (χ1) is 11.6. The summed E-state index contributed by atoms with van der Waals surface area (Å²) in [5.41, 5.74) is 2.18. The lowest BCUT2D eigenvalue weighted by Gasteiger charge is -2.45. The molecule has 0 aromatic heterocycles. The van der Waals surface area contributed by atoms with Gasteiger partial charge in [0.25, 0.3) is 0 Å². The molecule has 0 amide bonds. The van der Waals surface area contributed by atoms with E-state index in [1.54, 1.807) is 0 Å². The molecular weight excluding hydrogens is 341 g/mol. The lowest BCUT2D eigenvalue weighted by molar-refractivity contribution is -0.135. The molecule has 4 heteroatoms. The minimum atomic E-state index is 0.0109. The number of carbonyl (C=O) groups excluding carboxylic acids is 1. The fourth-order valence-corrected chi connectivity index (χ4v) is 4.66. The van der Waals surface area contributed by atoms with E-state index in [4.69, 9.17) is 23.2 Å². The zero-order valence-corrected chi connectivity index (χ0v) is 14.7. The molecule has 0 spiro atoms. The van der Waals surface area contributed by atoms with Crippen molar-refractivity contribution in [3.05, 3.63) is 69.7 Å². The van der Waals surface area contributed by atoms with Gasteiger partial charge in [-0.05, 0) is 48.2 Å². The molecule has 4 atom stereocenters. The van der Waals surface area contributed by atoms with Gasteiger partial charge >= 0.3 is 0 Å². The van der Waals surface area contributed by atoms with E-state index >= 15 is 0 Å². The van der Waals surface area contributed by atoms with Crippen molar-refractivity contribution in [2.24, 2.45) is 11.8 Å². The molecule has 4 unspecified atom stereocenters. The van der Waals surface area contributed by atoms with Crippen LogP contribution in [-0.4, -0.2) is 5.78 Å². The Bertz CT molecular complexity index is 714. The Kier molecular flexibility index (Phi) is 4.38. The molecule has 24 heavy (non-hydrogen) atoms. The van der Waals surface area contributed by atoms with Gasteiger partial charge < -0.3 is 5.32 Å². The summed E-state index contributed by atoms with van der Waals surface area (Å²) in [5, 5.41) is 5.15. The number of rotatable bonds is 2. The highest BCUT2D eigenvalue weighted by molar-refractivity contribution is 6.30. The SMILES string of the molecule is O=C1C2CCCC1C(c1cccc(Cl)c1)NC2c1cccc(Cl)c1. The van der Waals surface area contributed by atoms with Gasteiger partial charge in [-0.2, -0.15) is 0 Å². The molecule has 0 radical (unpaired) electrons. The van der Waals surface area contributed by atoms with Crippen LogP contribution in [-0.2, 0) is 4.79 Å². The summed E-state index contributed by atoms with van der Waals surface area (Å²) in [6, 6.07) is 15.7. The molecule has 2 fully saturated rings. The second kappa shape index (κ2) is 6.51. The van der Waals surface area contributed by atoms with E-state index in [1.165, 1.54) is 0 Å². The molecular formula is C20H19Cl2NO. The average molecular weight is 360 g/mol. The third-order valence-electron chi connectivity index (χ3n) is 5.34. The summed E-state index contributed by atoms with van der Waals surface area (Å²) in [6.45, 7) is 0. The molecule has 2 aromatic rings. The van der Waals surface area contributed by atoms with Crippen LogP contribution in [0.3, 0.4) is 0 Å². The normalized spacial score (nSPS) is 29.5. The number of carbonyl (C=O) groups is 1. The summed E-state index contributed by atoms with van der Waals surface area (Å²) < 4.78 is 0. The van der Waals surface area contributed by atoms with Gasteiger partial charge in [-0.25, -0.2) is 0 Å². The molecule has 1 saturated heterocycles. The molecule has 2 aliphatic rings. The molecule has 1 aliphatic carbocycles. The maximum absolute atomic E-state index is 13.0. The molecule has 4 rings (SSSR count). The Hall–Kier alpha value is -1.35. The van der Waals surface area contributed by atoms with E-state index in [0.29, 0.717) is 15.8 Å². The van der Waals surface area contributed by atoms with Crippen LogP contribution in [0.15, 0.2) is 48.5 Å². The number of hydrogen-bond acceptors (Lipinski definition) is 2. The Labute approximate surface area is 152 Å². The van der Waals surface area contributed by atoms with E-state index < -0.39 is 0 Å². The number of benzene rings is 2. The highest BCUT2D eigenvalue weighted by Crippen LogP contribution is 2.46. The predicted molar refractivity (Wildman–Crippen MR) is 97.4 cm³/mol. The number of hydrogen-bond donors (Lipinski definition) is 1. The van der Waals surface area contributed by atoms with Crippen molar-refractivity contribution in [2.45, 2.75) is 31.3 Å². The summed E-state index contributed by atoms with van der Waals surface area (Å²) in [7, 11) is 0. The summed E-state index contributed by atoms with van der Waals surface area (Å²) in [6.07, 6.45) is 2.99. The standard InChI is InChI=1S/C20H19Cl2NO/c21-14-6-1-4-12(10-14)18-16-8-3-9-17(20(16)24)19(23-18)13-5-2-7-15(22)11-13/h1-2,4-7,10-11,16-19,23H,3,8-9H2. The maximum atomic E-state index is 13.0. The minimum Gasteiger partial charge on any atom is -0.302 e. The van der Waals surface area contributed by atoms with Gasteiger partial charge in [-0.1, -0.05) is 53.9 Å². The number of fused-ring (bicyclic) bond motifs is 2. The van der Waals surface area contributed by atoms with Crippen LogP contribution in [0.2, 0.25) is 10.0 Å². The van der Waals surface area contributed by atoms with Crippen molar-refractivity contribution in [3.63, 3.8) is 0 Å². The molecule has 1 saturated carbocycles. The molecule has 1 aliphatic heterocycles. The Balaban J connectivity index is 1.74. The minimum absolute atomic E-state index is 0.0109. The lowest BCUT2D eigenvalue weighted by atomic mass is 9.67. The zero-order valence-electron chi connectivity index (χ0n) is 13.2. The topological polar surface area (TPSA) is 29.1 Å². The van der Waals surface area contributed by atoms with Gasteiger partial charge in [0.15, 0.2) is 0 Å². The number of nitrogens with one attached hydrogen (secondary N) is 1. The third-order valence-corrected chi connectivity index (χ3v) is 5.81. The number of halogens is 2. The van der Waals surface area contributed by atoms with E-state index in [2.05, 4.69) is 17.4 Å². The molecule has 1 N–H and O–H groups in total. The number of Topliss-reactive ketones (excluding diaryl/α,β-unsaturated/α-hetero) is 1. The number of piperidine rings is 1. The summed E-state index contributed by atoms with van der Waals surface area (Å²) in [4.78, 5) is 13.0. The van der Waals surface area contributed by atoms with Crippen LogP contribution in [0.1, 0.15) is 42.5 Å². The Morgan fingerprint density at radius 2 is 1.33 bits per heavy atom. The predicted octanol–water partition coefficient (Wildman–Crippen LogP) is 5.36. The second-order valence-corrected chi connectivity index (χ2v) is 7.65. The molecule has 2 bridgehead atoms. The first-order valence-corrected chi connectivity index (χ1v) is 9.20. The smallest absolute Gasteiger partial charge is 0.142 e. The molecule has 124 valence electrons. The molecule has 1 heterocycles. The van der Waals surface area contributed by atoms with Crippen molar-refractivity contribution >= 4 is 29.0 Å². The van der Waals surface area contributed by atoms with Crippen LogP contribution in [0.5, 0.6) is 0 Å². The van der Waals surface area contributed by atoms with Crippen molar-refractivity contribution in [3.8, 4) is 0 Å². The van der Waals surface area contributed by atoms with Gasteiger partial charge in [-0.3, -0.25) is 4.79 Å². The van der Waals surface area contributed by atoms with Crippen LogP contribution in [0, 0.1) is 11.8 Å². The summed E-state index contributed by atoms with van der Waals surface area (Å²) >= 11 is 12.4. The van der Waals surface area contributed by atoms with E-state index in [0.717, 1.165) is 30.4 Å². The largest absolute Gasteiger partial charge is 0.302 e. The average Bonchev–Trinajstić information content (AvgIpc) is 2.55. The van der Waals surface area contributed by atoms with E-state index in [9.17, 15) is 4.79 Å². The van der Waals surface area contributed by atoms with E-state index in [1.807, 2.05) is 36.4 Å². The van der Waals surface area contributed by atoms with Gasteiger partial charge in [-0.15, -0.1) is 0 Å². The van der Waals surface area contributed by atoms with Gasteiger partial charge in [0.2, 0.25) is 0 Å². The van der Waals surface area contributed by atoms with Gasteiger partial charge in [0.1, 0.15) is 5.78 Å². The van der Waals surface area contributed by atoms with Crippen LogP contribution < -0.4 is 5.32 Å². The quantitative estimate of drug-likeness (QED) is 0.781. The maximum Gasteiger partial charge on any atom is 0.142 e. The highest BCUT2D eigenvalue weighted by atomic mass is 35.5. The third kappa shape index (κ3) is 2.88. The monoisotopic (exact) mass is 359 g/mol. The lowest BCUT2D eigenvalue weighted by Crippen LogP contribution is -2.50. The fourth-order valence-electron chi connectivity index (χ4n) is 4.26. The molecule has 2 aromatic carbocycles. The van der Waals surface area contributed by atoms with Crippen LogP contribution in [0.25, 0.3) is 0 Å². The zero-order chi connectivity index (χ0) is 16.7. The first kappa shape index (κ1) is 16.1. The van der Waals surface area contributed by atoms with Crippen LogP contribution in [0.4, 0.5) is 0 Å². The van der Waals surface area contributed by atoms with E-state index in [-0.39, 0.29) is 23.9 Å². The first-order valence-electron chi connectivity index (χ1n) is 8.44. The van der Waals surface area contributed by atoms with Crippen molar-refractivity contribution in [1.29, 1.82) is 0 Å². The molecule has 2 nitrogen and oxygen atoms in total. The Morgan fingerprint density at radius 1 is 0.833 bits per heavy atom. The van der Waals surface area contributed by atoms with Crippen molar-refractivity contribution in [1.82, 2.24) is 5.32 Å². The Morgan fingerprint density at radius 3 is 1.79 bits per heavy atom. The highest BCUT2D eigenvalue weighted by Gasteiger charge is 2.46. The van der Waals surface area contributed by atoms with Crippen molar-refractivity contribution in [2.75, 3.05) is 0 Å². The van der Waals surface area contributed by atoms with Gasteiger partial charge in [0, 0.05) is 34.0 Å². The second-order valence-electron chi connectivity index (χ2n) is 6.78. The summed E-state index contributed by atoms with van der Waals surface area (Å²) in [5.74, 6) is 0.463. The number of ketones is 1.